The van der Waals surface area contributed by atoms with Crippen LogP contribution in [0.25, 0.3) is 21.8 Å². The van der Waals surface area contributed by atoms with E-state index in [4.69, 9.17) is 0 Å². The van der Waals surface area contributed by atoms with E-state index in [0.29, 0.717) is 0 Å². The van der Waals surface area contributed by atoms with Crippen molar-refractivity contribution in [2.24, 2.45) is 0 Å². The summed E-state index contributed by atoms with van der Waals surface area (Å²) in [6.45, 7) is 3.58. The van der Waals surface area contributed by atoms with E-state index >= 15 is 0 Å². The normalized spacial score (nSPS) is 12.4. The summed E-state index contributed by atoms with van der Waals surface area (Å²) in [5.74, 6) is 0. The molecule has 0 aliphatic rings. The first-order chi connectivity index (χ1) is 8.05. The minimum atomic E-state index is -0.816. The van der Waals surface area contributed by atoms with E-state index in [-0.39, 0.29) is 0 Å². The minimum Gasteiger partial charge on any atom is -0.386 e. The van der Waals surface area contributed by atoms with Gasteiger partial charge in [-0.05, 0) is 31.5 Å². The van der Waals surface area contributed by atoms with Crippen molar-refractivity contribution >= 4 is 21.8 Å². The number of aliphatic hydroxyl groups is 1. The van der Waals surface area contributed by atoms with Crippen LogP contribution >= 0.6 is 0 Å². The predicted octanol–water partition coefficient (Wildman–Crippen LogP) is 2.94. The van der Waals surface area contributed by atoms with Crippen LogP contribution in [0.3, 0.4) is 0 Å². The van der Waals surface area contributed by atoms with E-state index < -0.39 is 5.60 Å². The number of rotatable bonds is 1. The van der Waals surface area contributed by atoms with Crippen LogP contribution in [0, 0.1) is 0 Å². The van der Waals surface area contributed by atoms with Gasteiger partial charge in [-0.25, -0.2) is 0 Å². The molecule has 0 bridgehead atoms. The second kappa shape index (κ2) is 3.31. The molecule has 2 N–H and O–H groups in total. The Morgan fingerprint density at radius 3 is 2.71 bits per heavy atom. The van der Waals surface area contributed by atoms with Crippen LogP contribution in [0.5, 0.6) is 0 Å². The zero-order chi connectivity index (χ0) is 12.0. The zero-order valence-electron chi connectivity index (χ0n) is 9.86. The highest BCUT2D eigenvalue weighted by atomic mass is 16.3. The highest BCUT2D eigenvalue weighted by Crippen LogP contribution is 2.28. The third-order valence-corrected chi connectivity index (χ3v) is 3.11. The molecule has 0 aliphatic heterocycles. The van der Waals surface area contributed by atoms with Crippen molar-refractivity contribution in [3.8, 4) is 0 Å². The first-order valence-corrected chi connectivity index (χ1v) is 5.64. The average Bonchev–Trinajstić information content (AvgIpc) is 2.65. The molecule has 0 saturated carbocycles. The second-order valence-corrected chi connectivity index (χ2v) is 4.87. The minimum absolute atomic E-state index is 0.816. The fourth-order valence-corrected chi connectivity index (χ4v) is 2.13. The van der Waals surface area contributed by atoms with Crippen molar-refractivity contribution in [2.75, 3.05) is 0 Å². The number of aromatic nitrogens is 2. The number of hydrogen-bond acceptors (Lipinski definition) is 2. The number of benzene rings is 1. The molecule has 3 heteroatoms. The Balaban J connectivity index is 2.34. The molecule has 0 aliphatic carbocycles. The number of H-pyrrole nitrogens is 1. The first kappa shape index (κ1) is 10.3. The monoisotopic (exact) mass is 226 g/mol. The van der Waals surface area contributed by atoms with Crippen molar-refractivity contribution in [3.63, 3.8) is 0 Å². The van der Waals surface area contributed by atoms with Crippen molar-refractivity contribution in [1.82, 2.24) is 9.97 Å². The van der Waals surface area contributed by atoms with Crippen LogP contribution in [0.1, 0.15) is 19.4 Å². The molecule has 2 heterocycles. The number of nitrogens with zero attached hydrogens (tertiary/aromatic N) is 1. The van der Waals surface area contributed by atoms with Crippen molar-refractivity contribution in [3.05, 3.63) is 42.2 Å². The molecule has 1 aromatic carbocycles. The third-order valence-electron chi connectivity index (χ3n) is 3.11. The molecule has 2 aromatic heterocycles. The third kappa shape index (κ3) is 1.59. The SMILES string of the molecule is CC(C)(O)c1ccc2c(c1)[nH]c1ccncc12. The molecular formula is C14H14N2O. The predicted molar refractivity (Wildman–Crippen MR) is 68.8 cm³/mol. The molecule has 0 saturated heterocycles. The summed E-state index contributed by atoms with van der Waals surface area (Å²) in [7, 11) is 0. The smallest absolute Gasteiger partial charge is 0.0841 e. The van der Waals surface area contributed by atoms with Crippen molar-refractivity contribution in [2.45, 2.75) is 19.4 Å². The van der Waals surface area contributed by atoms with Gasteiger partial charge in [-0.1, -0.05) is 12.1 Å². The summed E-state index contributed by atoms with van der Waals surface area (Å²) in [6.07, 6.45) is 3.63. The molecule has 3 rings (SSSR count). The van der Waals surface area contributed by atoms with Crippen LogP contribution in [-0.4, -0.2) is 15.1 Å². The number of pyridine rings is 1. The summed E-state index contributed by atoms with van der Waals surface area (Å²) in [5.41, 5.74) is 2.20. The molecule has 0 amide bonds. The molecule has 0 unspecified atom stereocenters. The van der Waals surface area contributed by atoms with Gasteiger partial charge in [0, 0.05) is 34.2 Å². The largest absolute Gasteiger partial charge is 0.386 e. The molecular weight excluding hydrogens is 212 g/mol. The number of aromatic amines is 1. The summed E-state index contributed by atoms with van der Waals surface area (Å²) in [5, 5.41) is 12.3. The lowest BCUT2D eigenvalue weighted by Crippen LogP contribution is -2.14. The molecule has 3 nitrogen and oxygen atoms in total. The Morgan fingerprint density at radius 1 is 1.12 bits per heavy atom. The van der Waals surface area contributed by atoms with Gasteiger partial charge in [-0.3, -0.25) is 4.98 Å². The Labute approximate surface area is 99.1 Å². The van der Waals surface area contributed by atoms with E-state index in [2.05, 4.69) is 9.97 Å². The Bertz CT molecular complexity index is 692. The molecule has 86 valence electrons. The number of nitrogens with one attached hydrogen (secondary N) is 1. The van der Waals surface area contributed by atoms with Crippen LogP contribution in [-0.2, 0) is 5.60 Å². The quantitative estimate of drug-likeness (QED) is 0.670. The van der Waals surface area contributed by atoms with Gasteiger partial charge >= 0.3 is 0 Å². The summed E-state index contributed by atoms with van der Waals surface area (Å²) in [4.78, 5) is 7.48. The summed E-state index contributed by atoms with van der Waals surface area (Å²) in [6, 6.07) is 7.94. The molecule has 0 spiro atoms. The maximum atomic E-state index is 10.00. The first-order valence-electron chi connectivity index (χ1n) is 5.64. The Kier molecular flexibility index (Phi) is 2.00. The molecule has 3 aromatic rings. The lowest BCUT2D eigenvalue weighted by Gasteiger charge is -2.17. The van der Waals surface area contributed by atoms with Crippen LogP contribution in [0.2, 0.25) is 0 Å². The van der Waals surface area contributed by atoms with Gasteiger partial charge < -0.3 is 10.1 Å². The lowest BCUT2D eigenvalue weighted by molar-refractivity contribution is 0.0787. The summed E-state index contributed by atoms with van der Waals surface area (Å²) >= 11 is 0. The van der Waals surface area contributed by atoms with Gasteiger partial charge in [0.1, 0.15) is 0 Å². The Hall–Kier alpha value is -1.87. The fourth-order valence-electron chi connectivity index (χ4n) is 2.13. The molecule has 17 heavy (non-hydrogen) atoms. The maximum absolute atomic E-state index is 10.00. The molecule has 0 fully saturated rings. The summed E-state index contributed by atoms with van der Waals surface area (Å²) < 4.78 is 0. The van der Waals surface area contributed by atoms with Gasteiger partial charge in [0.05, 0.1) is 5.60 Å². The van der Waals surface area contributed by atoms with Crippen molar-refractivity contribution < 1.29 is 5.11 Å². The molecule has 0 radical (unpaired) electrons. The van der Waals surface area contributed by atoms with Gasteiger partial charge in [0.15, 0.2) is 0 Å². The highest BCUT2D eigenvalue weighted by molar-refractivity contribution is 6.06. The molecule has 0 atom stereocenters. The van der Waals surface area contributed by atoms with Crippen molar-refractivity contribution in [1.29, 1.82) is 0 Å². The van der Waals surface area contributed by atoms with Crippen LogP contribution in [0.4, 0.5) is 0 Å². The fraction of sp³-hybridized carbons (Fsp3) is 0.214. The Morgan fingerprint density at radius 2 is 1.94 bits per heavy atom. The van der Waals surface area contributed by atoms with Gasteiger partial charge in [-0.15, -0.1) is 0 Å². The average molecular weight is 226 g/mol. The van der Waals surface area contributed by atoms with Crippen LogP contribution < -0.4 is 0 Å². The lowest BCUT2D eigenvalue weighted by atomic mass is 9.97. The van der Waals surface area contributed by atoms with Gasteiger partial charge in [0.2, 0.25) is 0 Å². The zero-order valence-corrected chi connectivity index (χ0v) is 9.86. The van der Waals surface area contributed by atoms with E-state index in [0.717, 1.165) is 27.4 Å². The topological polar surface area (TPSA) is 48.9 Å². The van der Waals surface area contributed by atoms with E-state index in [1.807, 2.05) is 30.5 Å². The van der Waals surface area contributed by atoms with E-state index in [9.17, 15) is 5.11 Å². The van der Waals surface area contributed by atoms with Gasteiger partial charge in [-0.2, -0.15) is 0 Å². The van der Waals surface area contributed by atoms with Gasteiger partial charge in [0.25, 0.3) is 0 Å². The van der Waals surface area contributed by atoms with Crippen LogP contribution in [0.15, 0.2) is 36.7 Å². The van der Waals surface area contributed by atoms with E-state index in [1.165, 1.54) is 0 Å². The standard InChI is InChI=1S/C14H14N2O/c1-14(2,17)9-3-4-10-11-8-15-6-5-12(11)16-13(10)7-9/h3-8,16-17H,1-2H3. The highest BCUT2D eigenvalue weighted by Gasteiger charge is 2.16. The number of hydrogen-bond donors (Lipinski definition) is 2. The maximum Gasteiger partial charge on any atom is 0.0841 e. The van der Waals surface area contributed by atoms with E-state index in [1.54, 1.807) is 20.0 Å². The second-order valence-electron chi connectivity index (χ2n) is 4.87. The number of fused-ring (bicyclic) bond motifs is 3.